The van der Waals surface area contributed by atoms with Gasteiger partial charge in [0.1, 0.15) is 11.3 Å². The first-order chi connectivity index (χ1) is 10.7. The lowest BCUT2D eigenvalue weighted by atomic mass is 10.3. The quantitative estimate of drug-likeness (QED) is 0.785. The number of hydrogen-bond acceptors (Lipinski definition) is 4. The molecule has 1 N–H and O–H groups in total. The zero-order valence-electron chi connectivity index (χ0n) is 11.9. The van der Waals surface area contributed by atoms with Crippen molar-refractivity contribution >= 4 is 21.8 Å². The lowest BCUT2D eigenvalue weighted by molar-refractivity contribution is 0.339. The molecular weight excluding hydrogens is 305 g/mol. The van der Waals surface area contributed by atoms with Gasteiger partial charge in [-0.15, -0.1) is 0 Å². The van der Waals surface area contributed by atoms with Crippen LogP contribution < -0.4 is 4.74 Å². The highest BCUT2D eigenvalue weighted by molar-refractivity contribution is 7.84. The number of hydrogen-bond donors (Lipinski definition) is 1. The molecule has 7 heteroatoms. The van der Waals surface area contributed by atoms with E-state index in [0.717, 1.165) is 0 Å². The van der Waals surface area contributed by atoms with Gasteiger partial charge < -0.3 is 9.72 Å². The fourth-order valence-electron chi connectivity index (χ4n) is 2.08. The van der Waals surface area contributed by atoms with E-state index in [1.165, 1.54) is 6.07 Å². The maximum absolute atomic E-state index is 13.6. The van der Waals surface area contributed by atoms with E-state index in [1.54, 1.807) is 30.5 Å². The van der Waals surface area contributed by atoms with Gasteiger partial charge in [-0.2, -0.15) is 0 Å². The minimum atomic E-state index is -1.44. The van der Waals surface area contributed by atoms with Crippen LogP contribution in [0.4, 0.5) is 4.39 Å². The normalized spacial score (nSPS) is 12.5. The van der Waals surface area contributed by atoms with Crippen molar-refractivity contribution in [3.8, 4) is 5.75 Å². The Bertz CT molecular complexity index is 835. The number of imidazole rings is 1. The zero-order valence-corrected chi connectivity index (χ0v) is 12.7. The first kappa shape index (κ1) is 14.6. The Kier molecular flexibility index (Phi) is 4.15. The van der Waals surface area contributed by atoms with Crippen LogP contribution in [-0.2, 0) is 16.6 Å². The van der Waals surface area contributed by atoms with E-state index in [2.05, 4.69) is 15.0 Å². The highest BCUT2D eigenvalue weighted by Gasteiger charge is 2.13. The SMILES string of the molecule is CCOc1ccnc(CS(=O)c2nc3c(F)cccc3[nH]2)c1. The maximum Gasteiger partial charge on any atom is 0.197 e. The molecule has 0 saturated carbocycles. The second-order valence-electron chi connectivity index (χ2n) is 4.58. The summed E-state index contributed by atoms with van der Waals surface area (Å²) in [6.07, 6.45) is 1.61. The van der Waals surface area contributed by atoms with Crippen molar-refractivity contribution in [2.75, 3.05) is 6.61 Å². The Morgan fingerprint density at radius 1 is 1.36 bits per heavy atom. The summed E-state index contributed by atoms with van der Waals surface area (Å²) in [5, 5.41) is 0.240. The largest absolute Gasteiger partial charge is 0.494 e. The monoisotopic (exact) mass is 319 g/mol. The molecule has 0 aliphatic carbocycles. The van der Waals surface area contributed by atoms with Gasteiger partial charge in [-0.25, -0.2) is 9.37 Å². The van der Waals surface area contributed by atoms with E-state index in [-0.39, 0.29) is 16.4 Å². The summed E-state index contributed by atoms with van der Waals surface area (Å²) in [6, 6.07) is 8.08. The van der Waals surface area contributed by atoms with Gasteiger partial charge in [-0.05, 0) is 25.1 Å². The maximum atomic E-state index is 13.6. The third kappa shape index (κ3) is 2.99. The van der Waals surface area contributed by atoms with Gasteiger partial charge in [0.05, 0.1) is 34.4 Å². The smallest absolute Gasteiger partial charge is 0.197 e. The molecule has 22 heavy (non-hydrogen) atoms. The first-order valence-corrected chi connectivity index (χ1v) is 8.09. The molecular formula is C15H14FN3O2S. The molecule has 0 spiro atoms. The van der Waals surface area contributed by atoms with Gasteiger partial charge in [-0.1, -0.05) is 6.07 Å². The number of H-pyrrole nitrogens is 1. The van der Waals surface area contributed by atoms with Gasteiger partial charge >= 0.3 is 0 Å². The fraction of sp³-hybridized carbons (Fsp3) is 0.200. The Balaban J connectivity index is 1.84. The Labute approximate surface area is 129 Å². The fourth-order valence-corrected chi connectivity index (χ4v) is 3.06. The molecule has 2 heterocycles. The van der Waals surface area contributed by atoms with E-state index in [0.29, 0.717) is 23.6 Å². The van der Waals surface area contributed by atoms with Crippen LogP contribution in [0.25, 0.3) is 11.0 Å². The van der Waals surface area contributed by atoms with Crippen LogP contribution in [0.15, 0.2) is 41.7 Å². The number of para-hydroxylation sites is 1. The summed E-state index contributed by atoms with van der Waals surface area (Å²) in [7, 11) is -1.44. The summed E-state index contributed by atoms with van der Waals surface area (Å²) >= 11 is 0. The number of fused-ring (bicyclic) bond motifs is 1. The summed E-state index contributed by atoms with van der Waals surface area (Å²) in [5.74, 6) is 0.427. The lowest BCUT2D eigenvalue weighted by Gasteiger charge is -2.04. The third-order valence-electron chi connectivity index (χ3n) is 3.04. The number of nitrogens with zero attached hydrogens (tertiary/aromatic N) is 2. The summed E-state index contributed by atoms with van der Waals surface area (Å²) in [4.78, 5) is 11.1. The molecule has 2 aromatic heterocycles. The average molecular weight is 319 g/mol. The van der Waals surface area contributed by atoms with Crippen LogP contribution in [-0.4, -0.2) is 25.8 Å². The van der Waals surface area contributed by atoms with Crippen molar-refractivity contribution in [3.63, 3.8) is 0 Å². The number of halogens is 1. The van der Waals surface area contributed by atoms with E-state index in [9.17, 15) is 8.60 Å². The summed E-state index contributed by atoms with van der Waals surface area (Å²) in [6.45, 7) is 2.44. The van der Waals surface area contributed by atoms with E-state index < -0.39 is 16.6 Å². The molecule has 3 rings (SSSR count). The highest BCUT2D eigenvalue weighted by Crippen LogP contribution is 2.19. The van der Waals surface area contributed by atoms with Gasteiger partial charge in [0, 0.05) is 12.3 Å². The highest BCUT2D eigenvalue weighted by atomic mass is 32.2. The van der Waals surface area contributed by atoms with E-state index >= 15 is 0 Å². The first-order valence-electron chi connectivity index (χ1n) is 6.77. The van der Waals surface area contributed by atoms with Gasteiger partial charge in [0.15, 0.2) is 11.0 Å². The van der Waals surface area contributed by atoms with Crippen LogP contribution in [0.1, 0.15) is 12.6 Å². The topological polar surface area (TPSA) is 67.9 Å². The minimum Gasteiger partial charge on any atom is -0.494 e. The number of aromatic amines is 1. The number of rotatable bonds is 5. The van der Waals surface area contributed by atoms with Gasteiger partial charge in [0.25, 0.3) is 0 Å². The van der Waals surface area contributed by atoms with E-state index in [1.807, 2.05) is 6.92 Å². The Morgan fingerprint density at radius 2 is 2.23 bits per heavy atom. The summed E-state index contributed by atoms with van der Waals surface area (Å²) < 4.78 is 31.4. The third-order valence-corrected chi connectivity index (χ3v) is 4.22. The second kappa shape index (κ2) is 6.23. The molecule has 0 bridgehead atoms. The van der Waals surface area contributed by atoms with Crippen molar-refractivity contribution < 1.29 is 13.3 Å². The number of aromatic nitrogens is 3. The number of nitrogens with one attached hydrogen (secondary N) is 1. The Morgan fingerprint density at radius 3 is 3.00 bits per heavy atom. The van der Waals surface area contributed by atoms with Gasteiger partial charge in [-0.3, -0.25) is 9.19 Å². The van der Waals surface area contributed by atoms with Crippen molar-refractivity contribution in [1.29, 1.82) is 0 Å². The predicted octanol–water partition coefficient (Wildman–Crippen LogP) is 2.80. The molecule has 0 aliphatic heterocycles. The minimum absolute atomic E-state index is 0.183. The van der Waals surface area contributed by atoms with Crippen LogP contribution in [0.3, 0.4) is 0 Å². The summed E-state index contributed by atoms with van der Waals surface area (Å²) in [5.41, 5.74) is 1.35. The second-order valence-corrected chi connectivity index (χ2v) is 5.95. The van der Waals surface area contributed by atoms with E-state index in [4.69, 9.17) is 4.74 Å². The predicted molar refractivity (Wildman–Crippen MR) is 81.6 cm³/mol. The van der Waals surface area contributed by atoms with Crippen LogP contribution in [0.2, 0.25) is 0 Å². The molecule has 5 nitrogen and oxygen atoms in total. The van der Waals surface area contributed by atoms with Crippen molar-refractivity contribution in [3.05, 3.63) is 48.0 Å². The standard InChI is InChI=1S/C15H14FN3O2S/c1-2-21-11-6-7-17-10(8-11)9-22(20)15-18-13-5-3-4-12(16)14(13)19-15/h3-8H,2,9H2,1H3,(H,18,19). The molecule has 0 aliphatic rings. The van der Waals surface area contributed by atoms with Crippen molar-refractivity contribution in [2.45, 2.75) is 17.8 Å². The molecule has 0 fully saturated rings. The molecule has 3 aromatic rings. The zero-order chi connectivity index (χ0) is 15.5. The molecule has 114 valence electrons. The molecule has 0 radical (unpaired) electrons. The number of pyridine rings is 1. The molecule has 1 unspecified atom stereocenters. The van der Waals surface area contributed by atoms with Gasteiger partial charge in [0.2, 0.25) is 0 Å². The van der Waals surface area contributed by atoms with Crippen LogP contribution in [0, 0.1) is 5.82 Å². The average Bonchev–Trinajstić information content (AvgIpc) is 2.94. The Hall–Kier alpha value is -2.28. The number of benzene rings is 1. The lowest BCUT2D eigenvalue weighted by Crippen LogP contribution is -2.01. The number of ether oxygens (including phenoxy) is 1. The van der Waals surface area contributed by atoms with Crippen LogP contribution in [0.5, 0.6) is 5.75 Å². The molecule has 0 amide bonds. The van der Waals surface area contributed by atoms with Crippen LogP contribution >= 0.6 is 0 Å². The van der Waals surface area contributed by atoms with Crippen molar-refractivity contribution in [1.82, 2.24) is 15.0 Å². The molecule has 1 aromatic carbocycles. The van der Waals surface area contributed by atoms with Crippen molar-refractivity contribution in [2.24, 2.45) is 0 Å². The molecule has 1 atom stereocenters. The molecule has 0 saturated heterocycles.